The lowest BCUT2D eigenvalue weighted by atomic mass is 10.3. The number of carbonyl (C=O) groups excluding carboxylic acids is 1. The Kier molecular flexibility index (Phi) is 9.39. The fourth-order valence-electron chi connectivity index (χ4n) is 1.49. The minimum absolute atomic E-state index is 0.185. The number of carbonyl (C=O) groups is 1. The SMILES string of the molecule is CCCCOCCOC(=O)[C@H](C)N[P+](=O)Oc1ccccc1. The fourth-order valence-corrected chi connectivity index (χ4v) is 2.28. The average molecular weight is 328 g/mol. The van der Waals surface area contributed by atoms with Crippen LogP contribution in [0.2, 0.25) is 0 Å². The van der Waals surface area contributed by atoms with Crippen molar-refractivity contribution in [2.24, 2.45) is 0 Å². The molecule has 6 nitrogen and oxygen atoms in total. The summed E-state index contributed by atoms with van der Waals surface area (Å²) < 4.78 is 27.2. The summed E-state index contributed by atoms with van der Waals surface area (Å²) in [6, 6.07) is 8.03. The number of unbranched alkanes of at least 4 members (excludes halogenated alkanes) is 1. The van der Waals surface area contributed by atoms with Crippen LogP contribution in [-0.2, 0) is 18.8 Å². The van der Waals surface area contributed by atoms with E-state index in [1.165, 1.54) is 0 Å². The van der Waals surface area contributed by atoms with Crippen LogP contribution in [0.15, 0.2) is 30.3 Å². The van der Waals surface area contributed by atoms with Gasteiger partial charge in [0.1, 0.15) is 12.6 Å². The van der Waals surface area contributed by atoms with Gasteiger partial charge in [-0.2, -0.15) is 0 Å². The minimum atomic E-state index is -2.19. The molecule has 7 heteroatoms. The molecule has 0 aliphatic carbocycles. The van der Waals surface area contributed by atoms with Crippen LogP contribution < -0.4 is 9.61 Å². The molecule has 0 saturated heterocycles. The first-order valence-corrected chi connectivity index (χ1v) is 8.52. The Balaban J connectivity index is 2.19. The van der Waals surface area contributed by atoms with Crippen molar-refractivity contribution in [2.45, 2.75) is 32.7 Å². The minimum Gasteiger partial charge on any atom is -0.462 e. The van der Waals surface area contributed by atoms with Crippen molar-refractivity contribution < 1.29 is 23.4 Å². The second-order valence-corrected chi connectivity index (χ2v) is 5.60. The van der Waals surface area contributed by atoms with E-state index in [0.717, 1.165) is 12.8 Å². The lowest BCUT2D eigenvalue weighted by Crippen LogP contribution is -2.32. The van der Waals surface area contributed by atoms with Gasteiger partial charge in [0.25, 0.3) is 0 Å². The molecule has 0 bridgehead atoms. The molecule has 0 radical (unpaired) electrons. The number of rotatable bonds is 11. The molecule has 0 aliphatic rings. The molecule has 0 amide bonds. The second-order valence-electron chi connectivity index (χ2n) is 4.65. The quantitative estimate of drug-likeness (QED) is 0.382. The Morgan fingerprint density at radius 2 is 1.95 bits per heavy atom. The van der Waals surface area contributed by atoms with Crippen molar-refractivity contribution in [1.29, 1.82) is 0 Å². The number of nitrogens with one attached hydrogen (secondary N) is 1. The first-order valence-electron chi connectivity index (χ1n) is 7.34. The van der Waals surface area contributed by atoms with Crippen molar-refractivity contribution in [3.8, 4) is 5.75 Å². The maximum Gasteiger partial charge on any atom is 0.664 e. The molecular formula is C15H23NO5P+. The molecule has 0 heterocycles. The molecule has 1 N–H and O–H groups in total. The Hall–Kier alpha value is -1.49. The molecule has 0 saturated carbocycles. The highest BCUT2D eigenvalue weighted by molar-refractivity contribution is 7.37. The van der Waals surface area contributed by atoms with Gasteiger partial charge < -0.3 is 9.47 Å². The van der Waals surface area contributed by atoms with Gasteiger partial charge in [-0.3, -0.25) is 4.79 Å². The summed E-state index contributed by atoms with van der Waals surface area (Å²) in [7, 11) is -2.19. The van der Waals surface area contributed by atoms with Crippen LogP contribution in [-0.4, -0.2) is 31.8 Å². The summed E-state index contributed by atoms with van der Waals surface area (Å²) in [5.41, 5.74) is 0. The normalized spacial score (nSPS) is 12.5. The van der Waals surface area contributed by atoms with E-state index < -0.39 is 20.2 Å². The van der Waals surface area contributed by atoms with E-state index in [-0.39, 0.29) is 6.61 Å². The van der Waals surface area contributed by atoms with Crippen LogP contribution in [0.25, 0.3) is 0 Å². The standard InChI is InChI=1S/C15H23NO5P/c1-3-4-10-19-11-12-20-15(17)13(2)16-22(18)21-14-8-6-5-7-9-14/h5-9,13H,3-4,10-12H2,1-2H3,(H,16,18)/q+1/t13-/m0/s1. The van der Waals surface area contributed by atoms with Gasteiger partial charge in [0.15, 0.2) is 5.75 Å². The number of ether oxygens (including phenoxy) is 2. The molecule has 0 spiro atoms. The molecule has 22 heavy (non-hydrogen) atoms. The highest BCUT2D eigenvalue weighted by Gasteiger charge is 2.28. The Bertz CT molecular complexity index is 455. The van der Waals surface area contributed by atoms with Gasteiger partial charge in [0.2, 0.25) is 0 Å². The van der Waals surface area contributed by atoms with Gasteiger partial charge in [-0.25, -0.2) is 4.52 Å². The summed E-state index contributed by atoms with van der Waals surface area (Å²) >= 11 is 0. The monoisotopic (exact) mass is 328 g/mol. The average Bonchev–Trinajstić information content (AvgIpc) is 2.51. The third-order valence-corrected chi connectivity index (χ3v) is 3.67. The fraction of sp³-hybridized carbons (Fsp3) is 0.533. The first kappa shape index (κ1) is 18.6. The van der Waals surface area contributed by atoms with Gasteiger partial charge in [0.05, 0.1) is 6.61 Å². The Labute approximate surface area is 132 Å². The summed E-state index contributed by atoms with van der Waals surface area (Å²) in [5.74, 6) is -0.0138. The third kappa shape index (κ3) is 8.08. The van der Waals surface area contributed by atoms with Crippen LogP contribution in [0.4, 0.5) is 0 Å². The van der Waals surface area contributed by atoms with E-state index in [1.54, 1.807) is 31.2 Å². The predicted molar refractivity (Wildman–Crippen MR) is 84.0 cm³/mol. The summed E-state index contributed by atoms with van der Waals surface area (Å²) in [5, 5.41) is 2.56. The Morgan fingerprint density at radius 3 is 2.64 bits per heavy atom. The van der Waals surface area contributed by atoms with E-state index in [4.69, 9.17) is 14.0 Å². The van der Waals surface area contributed by atoms with Crippen molar-refractivity contribution >= 4 is 14.1 Å². The number of esters is 1. The molecule has 2 atom stereocenters. The van der Waals surface area contributed by atoms with E-state index in [1.807, 2.05) is 6.07 Å². The van der Waals surface area contributed by atoms with Crippen molar-refractivity contribution in [3.05, 3.63) is 30.3 Å². The molecule has 122 valence electrons. The number of para-hydroxylation sites is 1. The second kappa shape index (κ2) is 11.1. The lowest BCUT2D eigenvalue weighted by Gasteiger charge is -2.08. The summed E-state index contributed by atoms with van der Waals surface area (Å²) in [6.45, 7) is 4.87. The number of hydrogen-bond acceptors (Lipinski definition) is 5. The van der Waals surface area contributed by atoms with Crippen molar-refractivity contribution in [1.82, 2.24) is 5.09 Å². The summed E-state index contributed by atoms with van der Waals surface area (Å²) in [6.07, 6.45) is 2.05. The number of benzene rings is 1. The first-order chi connectivity index (χ1) is 10.6. The van der Waals surface area contributed by atoms with Gasteiger partial charge in [-0.15, -0.1) is 0 Å². The molecule has 1 unspecified atom stereocenters. The van der Waals surface area contributed by atoms with E-state index in [0.29, 0.717) is 19.0 Å². The van der Waals surface area contributed by atoms with Crippen LogP contribution in [0.1, 0.15) is 26.7 Å². The molecule has 1 aromatic carbocycles. The van der Waals surface area contributed by atoms with Crippen LogP contribution in [0.3, 0.4) is 0 Å². The predicted octanol–water partition coefficient (Wildman–Crippen LogP) is 3.06. The molecule has 0 aliphatic heterocycles. The van der Waals surface area contributed by atoms with Crippen molar-refractivity contribution in [2.75, 3.05) is 19.8 Å². The van der Waals surface area contributed by atoms with E-state index in [9.17, 15) is 9.36 Å². The zero-order chi connectivity index (χ0) is 16.2. The molecule has 1 rings (SSSR count). The molecule has 0 aromatic heterocycles. The molecule has 0 fully saturated rings. The third-order valence-electron chi connectivity index (χ3n) is 2.70. The maximum absolute atomic E-state index is 11.8. The maximum atomic E-state index is 11.8. The molecular weight excluding hydrogens is 305 g/mol. The molecule has 1 aromatic rings. The largest absolute Gasteiger partial charge is 0.664 e. The van der Waals surface area contributed by atoms with Crippen LogP contribution in [0, 0.1) is 0 Å². The zero-order valence-corrected chi connectivity index (χ0v) is 13.9. The van der Waals surface area contributed by atoms with Crippen LogP contribution >= 0.6 is 8.18 Å². The Morgan fingerprint density at radius 1 is 1.23 bits per heavy atom. The van der Waals surface area contributed by atoms with Gasteiger partial charge in [-0.05, 0) is 25.5 Å². The topological polar surface area (TPSA) is 73.9 Å². The smallest absolute Gasteiger partial charge is 0.462 e. The van der Waals surface area contributed by atoms with Gasteiger partial charge >= 0.3 is 14.1 Å². The summed E-state index contributed by atoms with van der Waals surface area (Å²) in [4.78, 5) is 11.7. The van der Waals surface area contributed by atoms with Gasteiger partial charge in [-0.1, -0.05) is 36.6 Å². The van der Waals surface area contributed by atoms with E-state index >= 15 is 0 Å². The number of hydrogen-bond donors (Lipinski definition) is 1. The highest BCUT2D eigenvalue weighted by atomic mass is 31.1. The van der Waals surface area contributed by atoms with Crippen molar-refractivity contribution in [3.63, 3.8) is 0 Å². The van der Waals surface area contributed by atoms with Gasteiger partial charge in [0, 0.05) is 11.2 Å². The van der Waals surface area contributed by atoms with Crippen LogP contribution in [0.5, 0.6) is 5.75 Å². The lowest BCUT2D eigenvalue weighted by molar-refractivity contribution is -0.146. The van der Waals surface area contributed by atoms with E-state index in [2.05, 4.69) is 12.0 Å². The highest BCUT2D eigenvalue weighted by Crippen LogP contribution is 2.23. The zero-order valence-electron chi connectivity index (χ0n) is 13.0.